The molecule has 1 aliphatic heterocycles. The predicted molar refractivity (Wildman–Crippen MR) is 114 cm³/mol. The van der Waals surface area contributed by atoms with Gasteiger partial charge in [-0.3, -0.25) is 9.48 Å². The van der Waals surface area contributed by atoms with Gasteiger partial charge in [-0.05, 0) is 63.7 Å². The number of aromatic nitrogens is 5. The minimum Gasteiger partial charge on any atom is -0.364 e. The van der Waals surface area contributed by atoms with Crippen molar-refractivity contribution in [2.45, 2.75) is 45.1 Å². The maximum Gasteiger partial charge on any atom is 0.259 e. The van der Waals surface area contributed by atoms with E-state index in [0.29, 0.717) is 11.4 Å². The second-order valence-corrected chi connectivity index (χ2v) is 8.13. The van der Waals surface area contributed by atoms with E-state index in [1.165, 1.54) is 25.9 Å². The fraction of sp³-hybridized carbons (Fsp3) is 0.455. The first-order valence-corrected chi connectivity index (χ1v) is 10.8. The van der Waals surface area contributed by atoms with E-state index < -0.39 is 0 Å². The van der Waals surface area contributed by atoms with Crippen LogP contribution in [0, 0.1) is 0 Å². The highest BCUT2D eigenvalue weighted by Gasteiger charge is 2.24. The summed E-state index contributed by atoms with van der Waals surface area (Å²) in [6.45, 7) is 4.40. The molecule has 8 nitrogen and oxygen atoms in total. The Morgan fingerprint density at radius 2 is 2.07 bits per heavy atom. The molecule has 2 N–H and O–H groups in total. The number of rotatable bonds is 6. The van der Waals surface area contributed by atoms with Gasteiger partial charge >= 0.3 is 0 Å². The Hall–Kier alpha value is -3.00. The fourth-order valence-corrected chi connectivity index (χ4v) is 4.53. The van der Waals surface area contributed by atoms with Gasteiger partial charge in [0.15, 0.2) is 5.82 Å². The molecule has 0 atom stereocenters. The number of hydrogen-bond acceptors (Lipinski definition) is 5. The quantitative estimate of drug-likeness (QED) is 0.658. The third-order valence-corrected chi connectivity index (χ3v) is 6.05. The molecule has 0 unspecified atom stereocenters. The van der Waals surface area contributed by atoms with E-state index in [1.54, 1.807) is 12.5 Å². The standard InChI is InChI=1S/C22H27N7O/c30-22(26-19-7-12-29(27-19)11-4-10-28-8-1-2-9-28)17-14-24-18-6-3-5-16-13-23-15-25-21(16)20(17)18/h7,12-15,24H,1-6,8-11H2,(H,26,27,30). The maximum atomic E-state index is 13.0. The molecule has 0 bridgehead atoms. The minimum absolute atomic E-state index is 0.165. The van der Waals surface area contributed by atoms with Crippen LogP contribution in [0.2, 0.25) is 0 Å². The molecule has 0 saturated carbocycles. The van der Waals surface area contributed by atoms with Crippen LogP contribution in [0.5, 0.6) is 0 Å². The summed E-state index contributed by atoms with van der Waals surface area (Å²) in [6.07, 6.45) is 13.6. The SMILES string of the molecule is O=C(Nc1ccn(CCCN2CCCC2)n1)c1c[nH]c2c1-c1ncncc1CCC2. The normalized spacial score (nSPS) is 16.1. The highest BCUT2D eigenvalue weighted by molar-refractivity contribution is 6.08. The number of carbonyl (C=O) groups is 1. The zero-order valence-corrected chi connectivity index (χ0v) is 17.1. The van der Waals surface area contributed by atoms with Crippen molar-refractivity contribution in [2.75, 3.05) is 25.0 Å². The molecule has 0 aromatic carbocycles. The first kappa shape index (κ1) is 19.0. The Morgan fingerprint density at radius 1 is 1.17 bits per heavy atom. The second kappa shape index (κ2) is 8.39. The van der Waals surface area contributed by atoms with Crippen molar-refractivity contribution in [2.24, 2.45) is 0 Å². The molecule has 3 aromatic heterocycles. The van der Waals surface area contributed by atoms with Crippen LogP contribution in [-0.2, 0) is 19.4 Å². The lowest BCUT2D eigenvalue weighted by Gasteiger charge is -2.13. The van der Waals surface area contributed by atoms with E-state index in [4.69, 9.17) is 0 Å². The summed E-state index contributed by atoms with van der Waals surface area (Å²) < 4.78 is 1.91. The van der Waals surface area contributed by atoms with Crippen molar-refractivity contribution in [1.29, 1.82) is 0 Å². The van der Waals surface area contributed by atoms with Gasteiger partial charge in [0.05, 0.1) is 11.3 Å². The Bertz CT molecular complexity index is 1030. The van der Waals surface area contributed by atoms with Crippen LogP contribution in [0.4, 0.5) is 5.82 Å². The largest absolute Gasteiger partial charge is 0.364 e. The number of anilines is 1. The minimum atomic E-state index is -0.165. The number of hydrogen-bond donors (Lipinski definition) is 2. The smallest absolute Gasteiger partial charge is 0.259 e. The second-order valence-electron chi connectivity index (χ2n) is 8.13. The lowest BCUT2D eigenvalue weighted by atomic mass is 10.0. The molecule has 4 heterocycles. The summed E-state index contributed by atoms with van der Waals surface area (Å²) in [6, 6.07) is 1.86. The first-order valence-electron chi connectivity index (χ1n) is 10.8. The molecule has 0 radical (unpaired) electrons. The van der Waals surface area contributed by atoms with Gasteiger partial charge < -0.3 is 15.2 Å². The molecule has 1 fully saturated rings. The summed E-state index contributed by atoms with van der Waals surface area (Å²) in [5.74, 6) is 0.411. The van der Waals surface area contributed by atoms with E-state index in [0.717, 1.165) is 61.3 Å². The van der Waals surface area contributed by atoms with Crippen molar-refractivity contribution in [3.63, 3.8) is 0 Å². The van der Waals surface area contributed by atoms with Crippen molar-refractivity contribution >= 4 is 11.7 Å². The fourth-order valence-electron chi connectivity index (χ4n) is 4.53. The van der Waals surface area contributed by atoms with Crippen LogP contribution < -0.4 is 5.32 Å². The molecule has 2 aliphatic rings. The van der Waals surface area contributed by atoms with Crippen LogP contribution in [-0.4, -0.2) is 55.2 Å². The molecule has 156 valence electrons. The van der Waals surface area contributed by atoms with E-state index in [9.17, 15) is 4.79 Å². The van der Waals surface area contributed by atoms with E-state index in [2.05, 4.69) is 30.3 Å². The average Bonchev–Trinajstić information content (AvgIpc) is 3.49. The summed E-state index contributed by atoms with van der Waals surface area (Å²) in [5.41, 5.74) is 4.51. The highest BCUT2D eigenvalue weighted by atomic mass is 16.1. The average molecular weight is 406 g/mol. The molecule has 1 saturated heterocycles. The topological polar surface area (TPSA) is 91.7 Å². The summed E-state index contributed by atoms with van der Waals surface area (Å²) in [5, 5.41) is 7.48. The molecule has 3 aromatic rings. The van der Waals surface area contributed by atoms with E-state index >= 15 is 0 Å². The van der Waals surface area contributed by atoms with E-state index in [-0.39, 0.29) is 5.91 Å². The number of amides is 1. The van der Waals surface area contributed by atoms with E-state index in [1.807, 2.05) is 23.1 Å². The monoisotopic (exact) mass is 405 g/mol. The van der Waals surface area contributed by atoms with Gasteiger partial charge in [-0.25, -0.2) is 9.97 Å². The molecular formula is C22H27N7O. The third-order valence-electron chi connectivity index (χ3n) is 6.05. The van der Waals surface area contributed by atoms with Crippen molar-refractivity contribution in [3.8, 4) is 11.3 Å². The Kier molecular flexibility index (Phi) is 5.31. The molecule has 0 spiro atoms. The van der Waals surface area contributed by atoms with Gasteiger partial charge in [0.25, 0.3) is 5.91 Å². The molecular weight excluding hydrogens is 378 g/mol. The van der Waals surface area contributed by atoms with Crippen LogP contribution >= 0.6 is 0 Å². The number of H-pyrrole nitrogens is 1. The number of fused-ring (bicyclic) bond motifs is 3. The van der Waals surface area contributed by atoms with Gasteiger partial charge in [-0.15, -0.1) is 0 Å². The number of aryl methyl sites for hydroxylation is 3. The number of aromatic amines is 1. The Morgan fingerprint density at radius 3 is 2.97 bits per heavy atom. The summed E-state index contributed by atoms with van der Waals surface area (Å²) in [7, 11) is 0. The first-order chi connectivity index (χ1) is 14.8. The van der Waals surface area contributed by atoms with Gasteiger partial charge in [0.2, 0.25) is 0 Å². The van der Waals surface area contributed by atoms with Gasteiger partial charge in [0, 0.05) is 42.5 Å². The number of likely N-dealkylation sites (tertiary alicyclic amines) is 1. The van der Waals surface area contributed by atoms with Gasteiger partial charge in [-0.1, -0.05) is 0 Å². The van der Waals surface area contributed by atoms with Gasteiger partial charge in [-0.2, -0.15) is 5.10 Å². The predicted octanol–water partition coefficient (Wildman–Crippen LogP) is 2.90. The highest BCUT2D eigenvalue weighted by Crippen LogP contribution is 2.33. The Labute approximate surface area is 175 Å². The summed E-state index contributed by atoms with van der Waals surface area (Å²) >= 11 is 0. The lowest BCUT2D eigenvalue weighted by Crippen LogP contribution is -2.21. The number of nitrogens with one attached hydrogen (secondary N) is 2. The van der Waals surface area contributed by atoms with Crippen LogP contribution in [0.1, 0.15) is 47.3 Å². The molecule has 8 heteroatoms. The lowest BCUT2D eigenvalue weighted by molar-refractivity contribution is 0.102. The Balaban J connectivity index is 1.27. The molecule has 30 heavy (non-hydrogen) atoms. The maximum absolute atomic E-state index is 13.0. The third kappa shape index (κ3) is 3.87. The van der Waals surface area contributed by atoms with Crippen LogP contribution in [0.15, 0.2) is 31.0 Å². The van der Waals surface area contributed by atoms with Gasteiger partial charge in [0.1, 0.15) is 6.33 Å². The molecule has 1 aliphatic carbocycles. The summed E-state index contributed by atoms with van der Waals surface area (Å²) in [4.78, 5) is 27.5. The van der Waals surface area contributed by atoms with Crippen molar-refractivity contribution in [3.05, 3.63) is 47.8 Å². The van der Waals surface area contributed by atoms with Crippen LogP contribution in [0.3, 0.4) is 0 Å². The van der Waals surface area contributed by atoms with Crippen LogP contribution in [0.25, 0.3) is 11.3 Å². The van der Waals surface area contributed by atoms with Crippen molar-refractivity contribution < 1.29 is 4.79 Å². The van der Waals surface area contributed by atoms with Crippen molar-refractivity contribution in [1.82, 2.24) is 29.6 Å². The number of carbonyl (C=O) groups excluding carboxylic acids is 1. The zero-order valence-electron chi connectivity index (χ0n) is 17.1. The molecule has 5 rings (SSSR count). The zero-order chi connectivity index (χ0) is 20.3. The number of nitrogens with zero attached hydrogens (tertiary/aromatic N) is 5. The molecule has 1 amide bonds.